The molecule has 184 valence electrons. The number of anilines is 3. The number of carbonyl (C=O) groups excluding carboxylic acids is 1. The quantitative estimate of drug-likeness (QED) is 0.282. The van der Waals surface area contributed by atoms with E-state index in [4.69, 9.17) is 4.18 Å². The first-order valence-corrected chi connectivity index (χ1v) is 13.5. The van der Waals surface area contributed by atoms with Crippen molar-refractivity contribution in [3.8, 4) is 5.75 Å². The van der Waals surface area contributed by atoms with Gasteiger partial charge in [0.2, 0.25) is 0 Å². The van der Waals surface area contributed by atoms with Gasteiger partial charge in [0.05, 0.1) is 4.90 Å². The van der Waals surface area contributed by atoms with Crippen LogP contribution in [0.15, 0.2) is 119 Å². The lowest BCUT2D eigenvalue weighted by Gasteiger charge is -2.11. The van der Waals surface area contributed by atoms with Crippen LogP contribution in [0.1, 0.15) is 0 Å². The summed E-state index contributed by atoms with van der Waals surface area (Å²) in [6.07, 6.45) is 0. The number of carbonyl (C=O) groups is 1. The lowest BCUT2D eigenvalue weighted by atomic mass is 10.3. The molecule has 4 aromatic carbocycles. The zero-order valence-electron chi connectivity index (χ0n) is 18.7. The molecule has 36 heavy (non-hydrogen) atoms. The van der Waals surface area contributed by atoms with E-state index in [1.807, 2.05) is 6.07 Å². The fourth-order valence-electron chi connectivity index (χ4n) is 3.09. The number of amides is 2. The number of nitrogens with one attached hydrogen (secondary N) is 3. The molecule has 0 aliphatic carbocycles. The van der Waals surface area contributed by atoms with Gasteiger partial charge in [-0.25, -0.2) is 13.2 Å². The minimum Gasteiger partial charge on any atom is -0.379 e. The maximum Gasteiger partial charge on any atom is 0.339 e. The van der Waals surface area contributed by atoms with Gasteiger partial charge in [0, 0.05) is 17.1 Å². The third-order valence-corrected chi connectivity index (χ3v) is 7.46. The molecule has 0 aliphatic heterocycles. The van der Waals surface area contributed by atoms with Crippen LogP contribution in [-0.2, 0) is 20.1 Å². The normalized spacial score (nSPS) is 11.3. The molecule has 0 heterocycles. The summed E-state index contributed by atoms with van der Waals surface area (Å²) in [7, 11) is -7.99. The molecule has 0 fully saturated rings. The van der Waals surface area contributed by atoms with E-state index in [1.165, 1.54) is 60.7 Å². The third-order valence-electron chi connectivity index (χ3n) is 4.80. The van der Waals surface area contributed by atoms with Gasteiger partial charge in [-0.2, -0.15) is 8.42 Å². The van der Waals surface area contributed by atoms with E-state index in [0.717, 1.165) is 0 Å². The number of urea groups is 1. The summed E-state index contributed by atoms with van der Waals surface area (Å²) in [4.78, 5) is 12.0. The van der Waals surface area contributed by atoms with Gasteiger partial charge in [-0.3, -0.25) is 4.72 Å². The molecule has 4 aromatic rings. The number of rotatable bonds is 8. The Labute approximate surface area is 208 Å². The van der Waals surface area contributed by atoms with Gasteiger partial charge in [-0.15, -0.1) is 0 Å². The molecule has 3 N–H and O–H groups in total. The second-order valence-electron chi connectivity index (χ2n) is 7.45. The molecule has 11 heteroatoms. The molecule has 0 aliphatic rings. The Hall–Kier alpha value is -4.35. The molecular weight excluding hydrogens is 502 g/mol. The van der Waals surface area contributed by atoms with E-state index >= 15 is 0 Å². The highest BCUT2D eigenvalue weighted by Crippen LogP contribution is 2.23. The van der Waals surface area contributed by atoms with E-state index in [9.17, 15) is 21.6 Å². The Bertz CT molecular complexity index is 1540. The highest BCUT2D eigenvalue weighted by Gasteiger charge is 2.18. The van der Waals surface area contributed by atoms with Crippen molar-refractivity contribution in [1.29, 1.82) is 0 Å². The summed E-state index contributed by atoms with van der Waals surface area (Å²) in [6, 6.07) is 27.2. The first-order chi connectivity index (χ1) is 17.2. The average Bonchev–Trinajstić information content (AvgIpc) is 2.86. The van der Waals surface area contributed by atoms with Crippen LogP contribution in [0.5, 0.6) is 5.75 Å². The van der Waals surface area contributed by atoms with Crippen LogP contribution in [0.3, 0.4) is 0 Å². The summed E-state index contributed by atoms with van der Waals surface area (Å²) in [5, 5.41) is 5.31. The smallest absolute Gasteiger partial charge is 0.339 e. The van der Waals surface area contributed by atoms with Crippen molar-refractivity contribution in [2.45, 2.75) is 9.79 Å². The van der Waals surface area contributed by atoms with E-state index in [2.05, 4.69) is 15.4 Å². The van der Waals surface area contributed by atoms with Crippen molar-refractivity contribution >= 4 is 43.2 Å². The van der Waals surface area contributed by atoms with Crippen LogP contribution < -0.4 is 19.5 Å². The molecule has 0 aromatic heterocycles. The van der Waals surface area contributed by atoms with Crippen LogP contribution in [0.4, 0.5) is 21.9 Å². The van der Waals surface area contributed by atoms with Crippen LogP contribution in [0.2, 0.25) is 0 Å². The van der Waals surface area contributed by atoms with Crippen molar-refractivity contribution < 1.29 is 25.8 Å². The Kier molecular flexibility index (Phi) is 7.23. The molecule has 0 radical (unpaired) electrons. The number of hydrogen-bond donors (Lipinski definition) is 3. The lowest BCUT2D eigenvalue weighted by Crippen LogP contribution is -2.19. The van der Waals surface area contributed by atoms with Crippen molar-refractivity contribution in [1.82, 2.24) is 0 Å². The molecule has 0 bridgehead atoms. The van der Waals surface area contributed by atoms with Crippen molar-refractivity contribution in [3.63, 3.8) is 0 Å². The first kappa shape index (κ1) is 24.8. The van der Waals surface area contributed by atoms with Gasteiger partial charge >= 0.3 is 16.1 Å². The van der Waals surface area contributed by atoms with E-state index in [1.54, 1.807) is 42.5 Å². The predicted octanol–water partition coefficient (Wildman–Crippen LogP) is 4.90. The monoisotopic (exact) mass is 523 g/mol. The van der Waals surface area contributed by atoms with Crippen LogP contribution in [0, 0.1) is 0 Å². The minimum absolute atomic E-state index is 0.0397. The SMILES string of the molecule is O=C(Nc1ccccc1)Nc1ccc(OS(=O)(=O)c2ccc(NS(=O)(=O)c3ccccc3)cc2)cc1. The summed E-state index contributed by atoms with van der Waals surface area (Å²) in [5.41, 5.74) is 1.25. The maximum absolute atomic E-state index is 12.6. The zero-order valence-corrected chi connectivity index (χ0v) is 20.3. The van der Waals surface area contributed by atoms with E-state index in [0.29, 0.717) is 11.4 Å². The summed E-state index contributed by atoms with van der Waals surface area (Å²) >= 11 is 0. The minimum atomic E-state index is -4.18. The Morgan fingerprint density at radius 2 is 1.06 bits per heavy atom. The molecule has 9 nitrogen and oxygen atoms in total. The number of sulfonamides is 1. The fourth-order valence-corrected chi connectivity index (χ4v) is 5.10. The average molecular weight is 524 g/mol. The van der Waals surface area contributed by atoms with Gasteiger partial charge < -0.3 is 14.8 Å². The predicted molar refractivity (Wildman–Crippen MR) is 137 cm³/mol. The Morgan fingerprint density at radius 3 is 1.64 bits per heavy atom. The number of benzene rings is 4. The molecule has 4 rings (SSSR count). The molecular formula is C25H21N3O6S2. The summed E-state index contributed by atoms with van der Waals surface area (Å²) in [5.74, 6) is 0.0397. The van der Waals surface area contributed by atoms with E-state index in [-0.39, 0.29) is 21.2 Å². The lowest BCUT2D eigenvalue weighted by molar-refractivity contribution is 0.262. The molecule has 2 amide bonds. The topological polar surface area (TPSA) is 131 Å². The van der Waals surface area contributed by atoms with Gasteiger partial charge in [0.25, 0.3) is 10.0 Å². The highest BCUT2D eigenvalue weighted by molar-refractivity contribution is 7.92. The Morgan fingerprint density at radius 1 is 0.556 bits per heavy atom. The van der Waals surface area contributed by atoms with Crippen molar-refractivity contribution in [2.24, 2.45) is 0 Å². The second kappa shape index (κ2) is 10.5. The molecule has 0 saturated heterocycles. The summed E-state index contributed by atoms with van der Waals surface area (Å²) < 4.78 is 57.7. The molecule has 0 saturated carbocycles. The number of para-hydroxylation sites is 1. The molecule has 0 spiro atoms. The number of hydrogen-bond acceptors (Lipinski definition) is 6. The van der Waals surface area contributed by atoms with Gasteiger partial charge in [-0.1, -0.05) is 36.4 Å². The largest absolute Gasteiger partial charge is 0.379 e. The van der Waals surface area contributed by atoms with Gasteiger partial charge in [-0.05, 0) is 72.8 Å². The van der Waals surface area contributed by atoms with Crippen molar-refractivity contribution in [3.05, 3.63) is 109 Å². The van der Waals surface area contributed by atoms with Gasteiger partial charge in [0.15, 0.2) is 0 Å². The highest BCUT2D eigenvalue weighted by atomic mass is 32.2. The third kappa shape index (κ3) is 6.40. The zero-order chi connectivity index (χ0) is 25.6. The fraction of sp³-hybridized carbons (Fsp3) is 0. The molecule has 0 atom stereocenters. The van der Waals surface area contributed by atoms with E-state index < -0.39 is 26.2 Å². The second-order valence-corrected chi connectivity index (χ2v) is 10.7. The van der Waals surface area contributed by atoms with Crippen LogP contribution >= 0.6 is 0 Å². The van der Waals surface area contributed by atoms with Gasteiger partial charge in [0.1, 0.15) is 10.6 Å². The molecule has 0 unspecified atom stereocenters. The first-order valence-electron chi connectivity index (χ1n) is 10.6. The summed E-state index contributed by atoms with van der Waals surface area (Å²) in [6.45, 7) is 0. The maximum atomic E-state index is 12.6. The van der Waals surface area contributed by atoms with Crippen molar-refractivity contribution in [2.75, 3.05) is 15.4 Å². The van der Waals surface area contributed by atoms with Crippen LogP contribution in [0.25, 0.3) is 0 Å². The van der Waals surface area contributed by atoms with Crippen LogP contribution in [-0.4, -0.2) is 22.9 Å². The Balaban J connectivity index is 1.37. The standard InChI is InChI=1S/C25H21N3O6S2/c29-25(26-19-7-3-1-4-8-19)27-20-11-15-22(16-12-20)34-36(32,33)24-17-13-21(14-18-24)28-35(30,31)23-9-5-2-6-10-23/h1-18,28H,(H2,26,27,29).